The lowest BCUT2D eigenvalue weighted by Crippen LogP contribution is -3.16. The van der Waals surface area contributed by atoms with E-state index in [-0.39, 0.29) is 24.4 Å². The molecular formula is C25H31Cl2N2O4+. The van der Waals surface area contributed by atoms with Crippen LogP contribution in [0.4, 0.5) is 5.69 Å². The lowest BCUT2D eigenvalue weighted by Gasteiger charge is -2.50. The summed E-state index contributed by atoms with van der Waals surface area (Å²) in [5.74, 6) is 1.25. The Morgan fingerprint density at radius 1 is 1.12 bits per heavy atom. The van der Waals surface area contributed by atoms with Crippen LogP contribution in [0.2, 0.25) is 10.0 Å². The second-order valence-electron chi connectivity index (χ2n) is 9.06. The number of carbonyl (C=O) groups is 1. The number of methoxy groups -OCH3 is 2. The number of likely N-dealkylation sites (tertiary alicyclic amines) is 1. The maximum absolute atomic E-state index is 13.0. The van der Waals surface area contributed by atoms with Gasteiger partial charge in [-0.05, 0) is 49.2 Å². The normalized spacial score (nSPS) is 26.9. The number of fused-ring (bicyclic) bond motifs is 1. The molecule has 33 heavy (non-hydrogen) atoms. The van der Waals surface area contributed by atoms with E-state index in [1.165, 1.54) is 0 Å². The molecule has 1 aliphatic carbocycles. The number of hydrogen-bond acceptors (Lipinski definition) is 4. The zero-order valence-corrected chi connectivity index (χ0v) is 20.5. The zero-order valence-electron chi connectivity index (χ0n) is 19.0. The fraction of sp³-hybridized carbons (Fsp3) is 0.480. The fourth-order valence-corrected chi connectivity index (χ4v) is 6.01. The van der Waals surface area contributed by atoms with Crippen molar-refractivity contribution in [1.82, 2.24) is 0 Å². The number of ether oxygens (including phenoxy) is 2. The van der Waals surface area contributed by atoms with Crippen LogP contribution in [0.3, 0.4) is 0 Å². The Bertz CT molecular complexity index is 1020. The summed E-state index contributed by atoms with van der Waals surface area (Å²) >= 11 is 12.2. The largest absolute Gasteiger partial charge is 0.493 e. The molecule has 2 aromatic carbocycles. The van der Waals surface area contributed by atoms with E-state index >= 15 is 0 Å². The Morgan fingerprint density at radius 2 is 1.91 bits per heavy atom. The third kappa shape index (κ3) is 5.09. The van der Waals surface area contributed by atoms with Gasteiger partial charge < -0.3 is 24.8 Å². The number of carbonyl (C=O) groups excluding carboxylic acids is 1. The van der Waals surface area contributed by atoms with Crippen LogP contribution in [-0.4, -0.2) is 43.9 Å². The third-order valence-electron chi connectivity index (χ3n) is 7.15. The molecule has 178 valence electrons. The highest BCUT2D eigenvalue weighted by molar-refractivity contribution is 6.36. The highest BCUT2D eigenvalue weighted by Crippen LogP contribution is 2.45. The van der Waals surface area contributed by atoms with E-state index < -0.39 is 5.60 Å². The van der Waals surface area contributed by atoms with Crippen molar-refractivity contribution < 1.29 is 24.3 Å². The van der Waals surface area contributed by atoms with Crippen molar-refractivity contribution in [3.8, 4) is 11.5 Å². The van der Waals surface area contributed by atoms with E-state index in [2.05, 4.69) is 5.32 Å². The number of benzene rings is 2. The van der Waals surface area contributed by atoms with Crippen molar-refractivity contribution in [1.29, 1.82) is 0 Å². The molecule has 0 radical (unpaired) electrons. The Morgan fingerprint density at radius 3 is 2.64 bits per heavy atom. The van der Waals surface area contributed by atoms with Gasteiger partial charge in [-0.25, -0.2) is 0 Å². The number of piperidine rings is 1. The molecule has 0 bridgehead atoms. The maximum atomic E-state index is 13.0. The minimum absolute atomic E-state index is 0.0321. The second kappa shape index (κ2) is 10.1. The summed E-state index contributed by atoms with van der Waals surface area (Å²) in [5.41, 5.74) is 0.888. The molecule has 1 heterocycles. The monoisotopic (exact) mass is 493 g/mol. The van der Waals surface area contributed by atoms with Gasteiger partial charge in [-0.1, -0.05) is 36.0 Å². The molecule has 1 amide bonds. The van der Waals surface area contributed by atoms with E-state index in [1.807, 2.05) is 18.2 Å². The molecule has 6 nitrogen and oxygen atoms in total. The van der Waals surface area contributed by atoms with Gasteiger partial charge in [0.05, 0.1) is 37.1 Å². The predicted molar refractivity (Wildman–Crippen MR) is 130 cm³/mol. The highest BCUT2D eigenvalue weighted by Gasteiger charge is 2.52. The van der Waals surface area contributed by atoms with Crippen molar-refractivity contribution in [2.45, 2.75) is 43.7 Å². The van der Waals surface area contributed by atoms with Gasteiger partial charge in [0.25, 0.3) is 5.91 Å². The van der Waals surface area contributed by atoms with Crippen molar-refractivity contribution in [3.63, 3.8) is 0 Å². The first kappa shape index (κ1) is 24.1. The highest BCUT2D eigenvalue weighted by atomic mass is 35.5. The standard InChI is InChI=1S/C25H30Cl2N2O4/c1-32-21-9-6-16(13-22(21)33-2)24-18-5-3-4-10-25(18,31)11-12-29(24)15-23(30)28-20-8-7-17(26)14-19(20)27/h6-9,13-14,18,24,31H,3-5,10-12,15H2,1-2H3,(H,28,30)/p+1/t18-,24+,25-/m1/s1. The van der Waals surface area contributed by atoms with Crippen LogP contribution in [-0.2, 0) is 4.79 Å². The molecule has 3 N–H and O–H groups in total. The van der Waals surface area contributed by atoms with Crippen molar-refractivity contribution in [2.75, 3.05) is 32.6 Å². The van der Waals surface area contributed by atoms with E-state index in [1.54, 1.807) is 32.4 Å². The van der Waals surface area contributed by atoms with Crippen molar-refractivity contribution >= 4 is 34.8 Å². The Labute approximate surface area is 204 Å². The molecule has 4 atom stereocenters. The average Bonchev–Trinajstić information content (AvgIpc) is 2.80. The fourth-order valence-electron chi connectivity index (χ4n) is 5.56. The molecule has 1 saturated carbocycles. The summed E-state index contributed by atoms with van der Waals surface area (Å²) in [4.78, 5) is 14.2. The van der Waals surface area contributed by atoms with Gasteiger partial charge in [0.1, 0.15) is 6.04 Å². The lowest BCUT2D eigenvalue weighted by atomic mass is 9.66. The van der Waals surface area contributed by atoms with E-state index in [4.69, 9.17) is 32.7 Å². The Hall–Kier alpha value is -1.99. The number of halogens is 2. The van der Waals surface area contributed by atoms with Crippen LogP contribution in [0.5, 0.6) is 11.5 Å². The first-order chi connectivity index (χ1) is 15.8. The summed E-state index contributed by atoms with van der Waals surface area (Å²) in [5, 5.41) is 15.3. The van der Waals surface area contributed by atoms with Crippen molar-refractivity contribution in [3.05, 3.63) is 52.0 Å². The van der Waals surface area contributed by atoms with Gasteiger partial charge in [0, 0.05) is 22.9 Å². The van der Waals surface area contributed by atoms with Gasteiger partial charge >= 0.3 is 0 Å². The number of anilines is 1. The van der Waals surface area contributed by atoms with E-state index in [0.717, 1.165) is 36.1 Å². The van der Waals surface area contributed by atoms with Gasteiger partial charge in [-0.2, -0.15) is 0 Å². The quantitative estimate of drug-likeness (QED) is 0.570. The van der Waals surface area contributed by atoms with Gasteiger partial charge in [0.15, 0.2) is 18.0 Å². The van der Waals surface area contributed by atoms with Crippen molar-refractivity contribution in [2.24, 2.45) is 5.92 Å². The predicted octanol–water partition coefficient (Wildman–Crippen LogP) is 3.90. The second-order valence-corrected chi connectivity index (χ2v) is 9.90. The molecule has 1 aliphatic heterocycles. The smallest absolute Gasteiger partial charge is 0.279 e. The Balaban J connectivity index is 1.62. The minimum Gasteiger partial charge on any atom is -0.493 e. The number of amides is 1. The Kier molecular flexibility index (Phi) is 7.39. The zero-order chi connectivity index (χ0) is 23.6. The maximum Gasteiger partial charge on any atom is 0.279 e. The minimum atomic E-state index is -0.699. The lowest BCUT2D eigenvalue weighted by molar-refractivity contribution is -0.937. The molecule has 2 aliphatic rings. The van der Waals surface area contributed by atoms with Crippen LogP contribution in [0.15, 0.2) is 36.4 Å². The number of quaternary nitrogens is 1. The molecule has 2 fully saturated rings. The van der Waals surface area contributed by atoms with Crippen LogP contribution >= 0.6 is 23.2 Å². The topological polar surface area (TPSA) is 72.2 Å². The number of aliphatic hydroxyl groups is 1. The van der Waals surface area contributed by atoms with E-state index in [0.29, 0.717) is 40.2 Å². The molecule has 1 unspecified atom stereocenters. The van der Waals surface area contributed by atoms with E-state index in [9.17, 15) is 9.90 Å². The molecule has 0 spiro atoms. The van der Waals surface area contributed by atoms with Crippen LogP contribution in [0.25, 0.3) is 0 Å². The molecule has 0 aromatic heterocycles. The first-order valence-corrected chi connectivity index (χ1v) is 12.1. The van der Waals surface area contributed by atoms with Gasteiger partial charge in [-0.3, -0.25) is 4.79 Å². The summed E-state index contributed by atoms with van der Waals surface area (Å²) in [6.45, 7) is 0.971. The molecule has 2 aromatic rings. The van der Waals surface area contributed by atoms with Gasteiger partial charge in [-0.15, -0.1) is 0 Å². The van der Waals surface area contributed by atoms with Crippen LogP contribution in [0.1, 0.15) is 43.7 Å². The summed E-state index contributed by atoms with van der Waals surface area (Å²) in [6, 6.07) is 10.9. The molecule has 4 rings (SSSR count). The number of nitrogens with one attached hydrogen (secondary N) is 2. The summed E-state index contributed by atoms with van der Waals surface area (Å²) < 4.78 is 11.0. The van der Waals surface area contributed by atoms with Crippen LogP contribution < -0.4 is 19.7 Å². The first-order valence-electron chi connectivity index (χ1n) is 11.4. The number of rotatable bonds is 6. The molecule has 1 saturated heterocycles. The average molecular weight is 494 g/mol. The summed E-state index contributed by atoms with van der Waals surface area (Å²) in [7, 11) is 3.23. The number of hydrogen-bond donors (Lipinski definition) is 3. The molecule has 8 heteroatoms. The van der Waals surface area contributed by atoms with Crippen LogP contribution in [0, 0.1) is 5.92 Å². The summed E-state index contributed by atoms with van der Waals surface area (Å²) in [6.07, 6.45) is 4.55. The van der Waals surface area contributed by atoms with Gasteiger partial charge in [0.2, 0.25) is 0 Å². The third-order valence-corrected chi connectivity index (χ3v) is 7.69. The molecular weight excluding hydrogens is 463 g/mol. The SMILES string of the molecule is COc1ccc([C@H]2[C@H]3CCCC[C@@]3(O)CC[NH+]2CC(=O)Nc2ccc(Cl)cc2Cl)cc1OC.